The molecule has 72 heavy (non-hydrogen) atoms. The van der Waals surface area contributed by atoms with Crippen LogP contribution in [0.4, 0.5) is 0 Å². The zero-order valence-corrected chi connectivity index (χ0v) is 43.1. The minimum Gasteiger partial charge on any atom is -0.496 e. The van der Waals surface area contributed by atoms with Gasteiger partial charge in [-0.25, -0.2) is 9.59 Å². The molecule has 0 bridgehead atoms. The molecule has 4 atom stereocenters. The van der Waals surface area contributed by atoms with Gasteiger partial charge in [0.05, 0.1) is 140 Å². The summed E-state index contributed by atoms with van der Waals surface area (Å²) in [4.78, 5) is 25.9. The second-order valence-electron chi connectivity index (χ2n) is 18.9. The predicted molar refractivity (Wildman–Crippen MR) is 267 cm³/mol. The summed E-state index contributed by atoms with van der Waals surface area (Å²) in [5, 5.41) is 50.8. The van der Waals surface area contributed by atoms with Crippen molar-refractivity contribution in [1.82, 2.24) is 0 Å². The normalized spacial score (nSPS) is 19.3. The number of hydrogen-bond donors (Lipinski definition) is 5. The van der Waals surface area contributed by atoms with Crippen molar-refractivity contribution in [2.24, 2.45) is 0 Å². The third-order valence-electron chi connectivity index (χ3n) is 14.8. The molecule has 6 rings (SSSR count). The highest BCUT2D eigenvalue weighted by Crippen LogP contribution is 2.51. The number of carbonyl (C=O) groups is 2. The zero-order valence-electron chi connectivity index (χ0n) is 43.1. The van der Waals surface area contributed by atoms with Crippen LogP contribution in [0.1, 0.15) is 86.1 Å². The molecule has 5 N–H and O–H groups in total. The third-order valence-corrected chi connectivity index (χ3v) is 14.8. The van der Waals surface area contributed by atoms with Gasteiger partial charge in [-0.05, 0) is 57.1 Å². The van der Waals surface area contributed by atoms with E-state index in [9.17, 15) is 35.1 Å². The summed E-state index contributed by atoms with van der Waals surface area (Å²) in [7, 11) is 13.8. The van der Waals surface area contributed by atoms with Gasteiger partial charge in [-0.2, -0.15) is 0 Å². The summed E-state index contributed by atoms with van der Waals surface area (Å²) in [5.41, 5.74) is 8.93. The van der Waals surface area contributed by atoms with Crippen LogP contribution in [0.3, 0.4) is 0 Å². The van der Waals surface area contributed by atoms with E-state index in [0.29, 0.717) is 116 Å². The molecule has 4 unspecified atom stereocenters. The minimum atomic E-state index is -0.671. The van der Waals surface area contributed by atoms with Gasteiger partial charge in [0, 0.05) is 61.8 Å². The van der Waals surface area contributed by atoms with E-state index in [1.165, 1.54) is 0 Å². The van der Waals surface area contributed by atoms with Crippen LogP contribution >= 0.6 is 0 Å². The fraction of sp³-hybridized carbons (Fsp3) is 0.491. The highest BCUT2D eigenvalue weighted by atomic mass is 16.5. The Labute approximate surface area is 422 Å². The van der Waals surface area contributed by atoms with Gasteiger partial charge >= 0.3 is 11.9 Å². The topological polar surface area (TPSA) is 209 Å². The number of aliphatic hydroxyl groups is 5. The maximum absolute atomic E-state index is 12.9. The van der Waals surface area contributed by atoms with E-state index >= 15 is 0 Å². The monoisotopic (exact) mass is 1000 g/mol. The molecule has 0 radical (unpaired) electrons. The van der Waals surface area contributed by atoms with Crippen LogP contribution in [-0.4, -0.2) is 143 Å². The van der Waals surface area contributed by atoms with E-state index in [1.54, 1.807) is 42.7 Å². The molecule has 2 aliphatic heterocycles. The van der Waals surface area contributed by atoms with Crippen molar-refractivity contribution in [1.29, 1.82) is 0 Å². The van der Waals surface area contributed by atoms with Crippen LogP contribution in [0.2, 0.25) is 0 Å². The lowest BCUT2D eigenvalue weighted by molar-refractivity contribution is -0.941. The summed E-state index contributed by atoms with van der Waals surface area (Å²) >= 11 is 0. The summed E-state index contributed by atoms with van der Waals surface area (Å²) in [6.07, 6.45) is 5.68. The molecule has 0 aromatic heterocycles. The number of quaternary nitrogens is 2. The zero-order chi connectivity index (χ0) is 52.2. The number of ether oxygens (including phenoxy) is 8. The summed E-state index contributed by atoms with van der Waals surface area (Å²) < 4.78 is 47.1. The smallest absolute Gasteiger partial charge is 0.331 e. The number of hydrogen-bond acceptors (Lipinski definition) is 15. The Morgan fingerprint density at radius 2 is 1.01 bits per heavy atom. The number of benzene rings is 4. The first-order valence-electron chi connectivity index (χ1n) is 24.4. The van der Waals surface area contributed by atoms with E-state index in [1.807, 2.05) is 42.5 Å². The van der Waals surface area contributed by atoms with Crippen LogP contribution in [0.15, 0.2) is 54.6 Å². The fourth-order valence-corrected chi connectivity index (χ4v) is 10.9. The van der Waals surface area contributed by atoms with Crippen molar-refractivity contribution >= 4 is 11.9 Å². The number of fused-ring (bicyclic) bond motifs is 2. The Kier molecular flexibility index (Phi) is 19.4. The SMILES string of the molecule is COc1cc(CC2c3c(cc(OC)c(OC)c3OC)CC[N+]2(C)CCCOC(=O)C=CC(=O)OCCC[N+]2(C)CCc3cc(CO)c(CO)c(OC)c3C2Cc2ccc(CO)c(CO)c2)cc(CO)c1OC. The maximum atomic E-state index is 12.9. The van der Waals surface area contributed by atoms with E-state index < -0.39 is 11.9 Å². The van der Waals surface area contributed by atoms with Crippen LogP contribution in [0.25, 0.3) is 0 Å². The Balaban J connectivity index is 1.10. The standard InChI is InChI=1S/C55H74N2O15/c1-56(19-15-37-28-41(32-60)43(34-62)53(68-6)50(37)44(56)25-35-11-12-39(30-58)40(23-35)31-59)17-9-21-71-48(63)13-14-49(64)72-22-10-18-57(2)20-16-38-29-47(66-4)54(69-7)55(70-8)51(38)45(57)26-36-24-42(33-61)52(67-5)46(27-36)65-3/h11-14,23-24,27-29,44-45,58-62H,9-10,15-22,25-26,30-34H2,1-8H3/q+2. The highest BCUT2D eigenvalue weighted by Gasteiger charge is 2.44. The molecule has 0 amide bonds. The molecule has 0 aliphatic carbocycles. The summed E-state index contributed by atoms with van der Waals surface area (Å²) in [5.74, 6) is 1.83. The van der Waals surface area contributed by atoms with Crippen molar-refractivity contribution in [3.8, 4) is 34.5 Å². The Hall–Kier alpha value is -5.92. The van der Waals surface area contributed by atoms with E-state index in [-0.39, 0.29) is 58.3 Å². The van der Waals surface area contributed by atoms with Gasteiger partial charge in [-0.3, -0.25) is 0 Å². The Bertz CT molecular complexity index is 2540. The van der Waals surface area contributed by atoms with Crippen molar-refractivity contribution in [3.05, 3.63) is 116 Å². The second-order valence-corrected chi connectivity index (χ2v) is 18.9. The molecule has 4 aromatic carbocycles. The lowest BCUT2D eigenvalue weighted by atomic mass is 9.82. The maximum Gasteiger partial charge on any atom is 0.331 e. The van der Waals surface area contributed by atoms with E-state index in [4.69, 9.17) is 37.9 Å². The van der Waals surface area contributed by atoms with E-state index in [2.05, 4.69) is 14.1 Å². The van der Waals surface area contributed by atoms with Crippen molar-refractivity contribution in [2.75, 3.05) is 96.1 Å². The molecule has 17 heteroatoms. The van der Waals surface area contributed by atoms with Crippen LogP contribution in [-0.2, 0) is 77.8 Å². The van der Waals surface area contributed by atoms with Gasteiger partial charge in [0.25, 0.3) is 0 Å². The van der Waals surface area contributed by atoms with Gasteiger partial charge in [0.15, 0.2) is 23.0 Å². The lowest BCUT2D eigenvalue weighted by Crippen LogP contribution is -2.53. The molecule has 0 saturated carbocycles. The molecule has 392 valence electrons. The molecule has 2 heterocycles. The van der Waals surface area contributed by atoms with Gasteiger partial charge in [0.1, 0.15) is 17.8 Å². The van der Waals surface area contributed by atoms with Crippen LogP contribution in [0, 0.1) is 0 Å². The average molecular weight is 1000 g/mol. The largest absolute Gasteiger partial charge is 0.496 e. The number of carbonyl (C=O) groups excluding carboxylic acids is 2. The van der Waals surface area contributed by atoms with Crippen LogP contribution in [0.5, 0.6) is 34.5 Å². The molecule has 17 nitrogen and oxygen atoms in total. The number of nitrogens with zero attached hydrogens (tertiary/aromatic N) is 2. The van der Waals surface area contributed by atoms with Crippen molar-refractivity contribution in [2.45, 2.75) is 83.6 Å². The third kappa shape index (κ3) is 11.9. The van der Waals surface area contributed by atoms with Crippen molar-refractivity contribution in [3.63, 3.8) is 0 Å². The first kappa shape index (κ1) is 55.4. The molecule has 0 fully saturated rings. The molecule has 2 aliphatic rings. The van der Waals surface area contributed by atoms with E-state index in [0.717, 1.165) is 65.0 Å². The Morgan fingerprint density at radius 3 is 1.51 bits per heavy atom. The van der Waals surface area contributed by atoms with Crippen LogP contribution < -0.4 is 28.4 Å². The number of likely N-dealkylation sites (N-methyl/N-ethyl adjacent to an activating group) is 2. The van der Waals surface area contributed by atoms with Gasteiger partial charge in [0.2, 0.25) is 5.75 Å². The lowest BCUT2D eigenvalue weighted by Gasteiger charge is -2.46. The molecule has 0 saturated heterocycles. The molecule has 4 aromatic rings. The molecular weight excluding hydrogens is 929 g/mol. The van der Waals surface area contributed by atoms with Gasteiger partial charge in [-0.1, -0.05) is 24.3 Å². The quantitative estimate of drug-likeness (QED) is 0.0259. The summed E-state index contributed by atoms with van der Waals surface area (Å²) in [6, 6.07) is 13.1. The Morgan fingerprint density at radius 1 is 0.528 bits per heavy atom. The molecular formula is C55H74N2O15+2. The fourth-order valence-electron chi connectivity index (χ4n) is 10.9. The number of aliphatic hydroxyl groups excluding tert-OH is 5. The second kappa shape index (κ2) is 25.2. The average Bonchev–Trinajstić information content (AvgIpc) is 3.40. The first-order chi connectivity index (χ1) is 34.7. The van der Waals surface area contributed by atoms with Gasteiger partial charge in [-0.15, -0.1) is 0 Å². The number of methoxy groups -OCH3 is 6. The number of rotatable bonds is 25. The highest BCUT2D eigenvalue weighted by molar-refractivity contribution is 5.91. The molecule has 0 spiro atoms. The van der Waals surface area contributed by atoms with Crippen molar-refractivity contribution < 1.29 is 82.0 Å². The first-order valence-corrected chi connectivity index (χ1v) is 24.4. The number of esters is 2. The minimum absolute atomic E-state index is 0.100. The predicted octanol–water partition coefficient (Wildman–Crippen LogP) is 4.90. The summed E-state index contributed by atoms with van der Waals surface area (Å²) in [6.45, 7) is 1.74. The van der Waals surface area contributed by atoms with Gasteiger partial charge < -0.3 is 72.4 Å².